The third-order valence-electron chi connectivity index (χ3n) is 5.41. The van der Waals surface area contributed by atoms with Crippen molar-refractivity contribution in [3.05, 3.63) is 23.8 Å². The Morgan fingerprint density at radius 1 is 1.11 bits per heavy atom. The number of carbonyl (C=O) groups is 2. The second-order valence-corrected chi connectivity index (χ2v) is 8.21. The molecule has 0 spiro atoms. The predicted octanol–water partition coefficient (Wildman–Crippen LogP) is 4.41. The van der Waals surface area contributed by atoms with E-state index in [-0.39, 0.29) is 18.3 Å². The van der Waals surface area contributed by atoms with Crippen molar-refractivity contribution in [1.29, 1.82) is 0 Å². The van der Waals surface area contributed by atoms with Gasteiger partial charge in [0.1, 0.15) is 17.5 Å². The van der Waals surface area contributed by atoms with Crippen LogP contribution in [0.3, 0.4) is 0 Å². The van der Waals surface area contributed by atoms with Gasteiger partial charge in [-0.05, 0) is 44.0 Å². The maximum absolute atomic E-state index is 12.8. The first-order valence-corrected chi connectivity index (χ1v) is 11.1. The number of nitrogens with one attached hydrogen (secondary N) is 1. The van der Waals surface area contributed by atoms with Crippen molar-refractivity contribution < 1.29 is 50.5 Å². The SMILES string of the molecule is CCCC(C(=O)O)N1CCCCC1CNC(=O)c1cc(OCC(F)(F)F)ccc1OCC(F)(F)F. The zero-order valence-electron chi connectivity index (χ0n) is 19.0. The molecule has 2 unspecified atom stereocenters. The largest absolute Gasteiger partial charge is 0.484 e. The molecule has 1 aromatic rings. The summed E-state index contributed by atoms with van der Waals surface area (Å²) < 4.78 is 84.5. The molecule has 2 N–H and O–H groups in total. The Bertz CT molecular complexity index is 862. The van der Waals surface area contributed by atoms with Crippen LogP contribution < -0.4 is 14.8 Å². The van der Waals surface area contributed by atoms with Crippen LogP contribution in [0.15, 0.2) is 18.2 Å². The minimum atomic E-state index is -4.70. The fourth-order valence-corrected chi connectivity index (χ4v) is 3.89. The smallest absolute Gasteiger partial charge is 0.422 e. The molecule has 1 aromatic carbocycles. The van der Waals surface area contributed by atoms with E-state index in [2.05, 4.69) is 14.8 Å². The fourth-order valence-electron chi connectivity index (χ4n) is 3.89. The highest BCUT2D eigenvalue weighted by Gasteiger charge is 2.34. The Morgan fingerprint density at radius 3 is 2.37 bits per heavy atom. The van der Waals surface area contributed by atoms with E-state index in [1.165, 1.54) is 0 Å². The van der Waals surface area contributed by atoms with Crippen LogP contribution in [0, 0.1) is 0 Å². The van der Waals surface area contributed by atoms with E-state index in [0.717, 1.165) is 31.0 Å². The van der Waals surface area contributed by atoms with Gasteiger partial charge in [0, 0.05) is 12.6 Å². The molecular weight excluding hydrogens is 486 g/mol. The molecule has 1 amide bonds. The normalized spacial score (nSPS) is 18.1. The average Bonchev–Trinajstić information content (AvgIpc) is 2.77. The van der Waals surface area contributed by atoms with Crippen molar-refractivity contribution in [3.8, 4) is 11.5 Å². The molecule has 1 aliphatic rings. The summed E-state index contributed by atoms with van der Waals surface area (Å²) in [6.45, 7) is -0.991. The van der Waals surface area contributed by atoms with Gasteiger partial charge < -0.3 is 19.9 Å². The summed E-state index contributed by atoms with van der Waals surface area (Å²) in [6, 6.07) is 1.71. The minimum Gasteiger partial charge on any atom is -0.484 e. The lowest BCUT2D eigenvalue weighted by Crippen LogP contribution is -2.53. The highest BCUT2D eigenvalue weighted by Crippen LogP contribution is 2.28. The highest BCUT2D eigenvalue weighted by atomic mass is 19.4. The van der Waals surface area contributed by atoms with Crippen LogP contribution in [0.5, 0.6) is 11.5 Å². The summed E-state index contributed by atoms with van der Waals surface area (Å²) in [5.41, 5.74) is -0.431. The molecule has 198 valence electrons. The van der Waals surface area contributed by atoms with Gasteiger partial charge in [0.25, 0.3) is 5.91 Å². The van der Waals surface area contributed by atoms with Crippen LogP contribution in [0.25, 0.3) is 0 Å². The van der Waals surface area contributed by atoms with Crippen LogP contribution in [-0.4, -0.2) is 72.6 Å². The lowest BCUT2D eigenvalue weighted by Gasteiger charge is -2.39. The molecular formula is C22H28F6N2O5. The van der Waals surface area contributed by atoms with Crippen molar-refractivity contribution in [1.82, 2.24) is 10.2 Å². The van der Waals surface area contributed by atoms with E-state index in [1.807, 2.05) is 6.92 Å². The number of nitrogens with zero attached hydrogens (tertiary/aromatic N) is 1. The van der Waals surface area contributed by atoms with E-state index in [1.54, 1.807) is 4.90 Å². The van der Waals surface area contributed by atoms with Gasteiger partial charge in [-0.25, -0.2) is 0 Å². The highest BCUT2D eigenvalue weighted by molar-refractivity contribution is 5.97. The van der Waals surface area contributed by atoms with Crippen molar-refractivity contribution in [2.24, 2.45) is 0 Å². The molecule has 1 saturated heterocycles. The lowest BCUT2D eigenvalue weighted by atomic mass is 9.97. The van der Waals surface area contributed by atoms with Crippen LogP contribution in [-0.2, 0) is 4.79 Å². The number of amides is 1. The zero-order chi connectivity index (χ0) is 26.2. The Hall–Kier alpha value is -2.70. The van der Waals surface area contributed by atoms with Gasteiger partial charge in [0.05, 0.1) is 5.56 Å². The monoisotopic (exact) mass is 514 g/mol. The lowest BCUT2D eigenvalue weighted by molar-refractivity contribution is -0.154. The van der Waals surface area contributed by atoms with Crippen molar-refractivity contribution in [2.75, 3.05) is 26.3 Å². The van der Waals surface area contributed by atoms with E-state index in [0.29, 0.717) is 25.8 Å². The molecule has 2 rings (SSSR count). The Balaban J connectivity index is 2.19. The van der Waals surface area contributed by atoms with Crippen LogP contribution in [0.1, 0.15) is 49.4 Å². The van der Waals surface area contributed by atoms with Gasteiger partial charge in [0.15, 0.2) is 13.2 Å². The molecule has 1 aliphatic heterocycles. The summed E-state index contributed by atoms with van der Waals surface area (Å²) in [5.74, 6) is -2.72. The standard InChI is InChI=1S/C22H28F6N2O5/c1-2-5-17(20(32)33)30-9-4-3-6-14(30)11-29-19(31)16-10-15(34-12-21(23,24)25)7-8-18(16)35-13-22(26,27)28/h7-8,10,14,17H,2-6,9,11-13H2,1H3,(H,29,31)(H,32,33). The number of ether oxygens (including phenoxy) is 2. The second kappa shape index (κ2) is 12.3. The maximum atomic E-state index is 12.8. The first-order valence-electron chi connectivity index (χ1n) is 11.1. The molecule has 7 nitrogen and oxygen atoms in total. The number of benzene rings is 1. The van der Waals surface area contributed by atoms with Crippen molar-refractivity contribution in [3.63, 3.8) is 0 Å². The number of piperidine rings is 1. The van der Waals surface area contributed by atoms with E-state index in [9.17, 15) is 41.0 Å². The van der Waals surface area contributed by atoms with Crippen LogP contribution >= 0.6 is 0 Å². The van der Waals surface area contributed by atoms with Gasteiger partial charge in [-0.2, -0.15) is 26.3 Å². The fraction of sp³-hybridized carbons (Fsp3) is 0.636. The quantitative estimate of drug-likeness (QED) is 0.426. The second-order valence-electron chi connectivity index (χ2n) is 8.21. The summed E-state index contributed by atoms with van der Waals surface area (Å²) in [6.07, 6.45) is -6.13. The van der Waals surface area contributed by atoms with Crippen molar-refractivity contribution >= 4 is 11.9 Å². The number of carboxylic acid groups (broad SMARTS) is 1. The molecule has 0 aromatic heterocycles. The number of rotatable bonds is 11. The number of halogens is 6. The third-order valence-corrected chi connectivity index (χ3v) is 5.41. The number of hydrogen-bond donors (Lipinski definition) is 2. The summed E-state index contributed by atoms with van der Waals surface area (Å²) >= 11 is 0. The number of likely N-dealkylation sites (tertiary alicyclic amines) is 1. The van der Waals surface area contributed by atoms with Gasteiger partial charge >= 0.3 is 18.3 Å². The first-order chi connectivity index (χ1) is 16.3. The minimum absolute atomic E-state index is 0.00132. The Kier molecular flexibility index (Phi) is 10.0. The summed E-state index contributed by atoms with van der Waals surface area (Å²) in [4.78, 5) is 26.4. The number of carbonyl (C=O) groups excluding carboxylic acids is 1. The van der Waals surface area contributed by atoms with Crippen molar-refractivity contribution in [2.45, 2.75) is 63.5 Å². The number of carboxylic acids is 1. The molecule has 0 bridgehead atoms. The summed E-state index contributed by atoms with van der Waals surface area (Å²) in [5, 5.41) is 12.2. The molecule has 0 saturated carbocycles. The molecule has 13 heteroatoms. The predicted molar refractivity (Wildman–Crippen MR) is 113 cm³/mol. The number of aliphatic carboxylic acids is 1. The zero-order valence-corrected chi connectivity index (χ0v) is 19.0. The van der Waals surface area contributed by atoms with Gasteiger partial charge in [-0.15, -0.1) is 0 Å². The van der Waals surface area contributed by atoms with Crippen LogP contribution in [0.2, 0.25) is 0 Å². The topological polar surface area (TPSA) is 88.1 Å². The summed E-state index contributed by atoms with van der Waals surface area (Å²) in [7, 11) is 0. The number of hydrogen-bond acceptors (Lipinski definition) is 5. The van der Waals surface area contributed by atoms with Gasteiger partial charge in [-0.3, -0.25) is 14.5 Å². The van der Waals surface area contributed by atoms with E-state index < -0.39 is 54.8 Å². The molecule has 2 atom stereocenters. The van der Waals surface area contributed by atoms with E-state index in [4.69, 9.17) is 0 Å². The maximum Gasteiger partial charge on any atom is 0.422 e. The molecule has 1 fully saturated rings. The average molecular weight is 514 g/mol. The molecule has 0 radical (unpaired) electrons. The Morgan fingerprint density at radius 2 is 1.77 bits per heavy atom. The molecule has 35 heavy (non-hydrogen) atoms. The van der Waals surface area contributed by atoms with E-state index >= 15 is 0 Å². The van der Waals surface area contributed by atoms with Gasteiger partial charge in [0.2, 0.25) is 0 Å². The molecule has 1 heterocycles. The van der Waals surface area contributed by atoms with Gasteiger partial charge in [-0.1, -0.05) is 19.8 Å². The van der Waals surface area contributed by atoms with Crippen LogP contribution in [0.4, 0.5) is 26.3 Å². The Labute approximate surface area is 198 Å². The number of alkyl halides is 6. The molecule has 0 aliphatic carbocycles. The third kappa shape index (κ3) is 9.46. The first kappa shape index (κ1) is 28.5.